The molecule has 1 aromatic heterocycles. The minimum absolute atomic E-state index is 0.111. The number of carbonyl (C=O) groups excluding carboxylic acids is 1. The fourth-order valence-corrected chi connectivity index (χ4v) is 6.24. The normalized spacial score (nSPS) is 22.9. The SMILES string of the molecule is CCCN1CCC2(CCN(S(=O)(=O)c3cc(-c4cnc(C)o4)ccc3C)C2)C1=O. The van der Waals surface area contributed by atoms with Crippen LogP contribution in [0.2, 0.25) is 0 Å². The van der Waals surface area contributed by atoms with Gasteiger partial charge in [0.15, 0.2) is 11.7 Å². The van der Waals surface area contributed by atoms with E-state index in [4.69, 9.17) is 4.42 Å². The molecule has 4 rings (SSSR count). The number of oxazole rings is 1. The quantitative estimate of drug-likeness (QED) is 0.747. The summed E-state index contributed by atoms with van der Waals surface area (Å²) < 4.78 is 33.9. The molecule has 0 radical (unpaired) electrons. The number of nitrogens with zero attached hydrogens (tertiary/aromatic N) is 3. The van der Waals surface area contributed by atoms with Gasteiger partial charge in [0.25, 0.3) is 0 Å². The number of amides is 1. The zero-order chi connectivity index (χ0) is 20.8. The van der Waals surface area contributed by atoms with Gasteiger partial charge in [0.05, 0.1) is 16.5 Å². The summed E-state index contributed by atoms with van der Waals surface area (Å²) >= 11 is 0. The van der Waals surface area contributed by atoms with Crippen molar-refractivity contribution < 1.29 is 17.6 Å². The monoisotopic (exact) mass is 417 g/mol. The number of rotatable bonds is 5. The summed E-state index contributed by atoms with van der Waals surface area (Å²) in [4.78, 5) is 19.2. The minimum atomic E-state index is -3.71. The van der Waals surface area contributed by atoms with Crippen LogP contribution < -0.4 is 0 Å². The Kier molecular flexibility index (Phi) is 5.02. The molecule has 1 atom stereocenters. The van der Waals surface area contributed by atoms with E-state index in [1.54, 1.807) is 32.2 Å². The predicted octanol–water partition coefficient (Wildman–Crippen LogP) is 2.98. The number of aromatic nitrogens is 1. The molecule has 2 aromatic rings. The molecule has 0 bridgehead atoms. The maximum Gasteiger partial charge on any atom is 0.243 e. The maximum atomic E-state index is 13.5. The van der Waals surface area contributed by atoms with Crippen LogP contribution in [0.15, 0.2) is 33.7 Å². The number of benzene rings is 1. The number of sulfonamides is 1. The molecule has 2 aliphatic rings. The Morgan fingerprint density at radius 3 is 2.66 bits per heavy atom. The lowest BCUT2D eigenvalue weighted by molar-refractivity contribution is -0.135. The van der Waals surface area contributed by atoms with E-state index < -0.39 is 15.4 Å². The molecule has 7 nitrogen and oxygen atoms in total. The van der Waals surface area contributed by atoms with Crippen molar-refractivity contribution in [2.75, 3.05) is 26.2 Å². The van der Waals surface area contributed by atoms with Gasteiger partial charge in [-0.1, -0.05) is 19.1 Å². The first-order valence-electron chi connectivity index (χ1n) is 10.1. The first-order chi connectivity index (χ1) is 13.8. The van der Waals surface area contributed by atoms with Gasteiger partial charge in [-0.3, -0.25) is 4.79 Å². The summed E-state index contributed by atoms with van der Waals surface area (Å²) in [5.74, 6) is 1.18. The molecule has 1 aromatic carbocycles. The minimum Gasteiger partial charge on any atom is -0.441 e. The molecular formula is C21H27N3O4S. The van der Waals surface area contributed by atoms with Gasteiger partial charge < -0.3 is 9.32 Å². The molecule has 29 heavy (non-hydrogen) atoms. The van der Waals surface area contributed by atoms with Crippen molar-refractivity contribution >= 4 is 15.9 Å². The molecule has 2 aliphatic heterocycles. The van der Waals surface area contributed by atoms with Crippen LogP contribution in [-0.4, -0.2) is 54.7 Å². The molecule has 1 unspecified atom stereocenters. The van der Waals surface area contributed by atoms with Crippen molar-refractivity contribution in [2.24, 2.45) is 5.41 Å². The Bertz CT molecular complexity index is 1050. The maximum absolute atomic E-state index is 13.5. The standard InChI is InChI=1S/C21H27N3O4S/c1-4-9-23-10-7-21(20(23)25)8-11-24(14-21)29(26,27)19-12-17(6-5-15(19)2)18-13-22-16(3)28-18/h5-6,12-13H,4,7-11,14H2,1-3H3. The van der Waals surface area contributed by atoms with E-state index in [1.807, 2.05) is 11.0 Å². The number of aryl methyl sites for hydroxylation is 2. The van der Waals surface area contributed by atoms with Gasteiger partial charge in [-0.05, 0) is 37.8 Å². The molecule has 1 spiro atoms. The Hall–Kier alpha value is -2.19. The lowest BCUT2D eigenvalue weighted by Gasteiger charge is -2.24. The lowest BCUT2D eigenvalue weighted by Crippen LogP contribution is -2.38. The number of likely N-dealkylation sites (tertiary alicyclic amines) is 1. The molecule has 8 heteroatoms. The van der Waals surface area contributed by atoms with E-state index in [0.717, 1.165) is 25.9 Å². The molecule has 0 aliphatic carbocycles. The van der Waals surface area contributed by atoms with Gasteiger partial charge in [-0.2, -0.15) is 4.31 Å². The van der Waals surface area contributed by atoms with Crippen LogP contribution >= 0.6 is 0 Å². The fraction of sp³-hybridized carbons (Fsp3) is 0.524. The van der Waals surface area contributed by atoms with Crippen LogP contribution in [0.4, 0.5) is 0 Å². The van der Waals surface area contributed by atoms with Crippen molar-refractivity contribution in [1.82, 2.24) is 14.2 Å². The van der Waals surface area contributed by atoms with Gasteiger partial charge in [-0.25, -0.2) is 13.4 Å². The molecule has 2 fully saturated rings. The van der Waals surface area contributed by atoms with Gasteiger partial charge in [0, 0.05) is 38.7 Å². The number of carbonyl (C=O) groups is 1. The first kappa shape index (κ1) is 20.1. The van der Waals surface area contributed by atoms with Crippen molar-refractivity contribution in [1.29, 1.82) is 0 Å². The van der Waals surface area contributed by atoms with Crippen LogP contribution in [0, 0.1) is 19.3 Å². The smallest absolute Gasteiger partial charge is 0.243 e. The van der Waals surface area contributed by atoms with Gasteiger partial charge in [0.1, 0.15) is 0 Å². The fourth-order valence-electron chi connectivity index (χ4n) is 4.46. The molecule has 0 N–H and O–H groups in total. The summed E-state index contributed by atoms with van der Waals surface area (Å²) in [6.07, 6.45) is 3.83. The summed E-state index contributed by atoms with van der Waals surface area (Å²) in [7, 11) is -3.71. The lowest BCUT2D eigenvalue weighted by atomic mass is 9.86. The van der Waals surface area contributed by atoms with Crippen LogP contribution in [0.25, 0.3) is 11.3 Å². The second-order valence-electron chi connectivity index (χ2n) is 8.13. The Morgan fingerprint density at radius 1 is 1.21 bits per heavy atom. The van der Waals surface area contributed by atoms with E-state index in [-0.39, 0.29) is 17.3 Å². The van der Waals surface area contributed by atoms with Crippen LogP contribution in [0.5, 0.6) is 0 Å². The van der Waals surface area contributed by atoms with Gasteiger partial charge in [-0.15, -0.1) is 0 Å². The highest BCUT2D eigenvalue weighted by Gasteiger charge is 2.52. The topological polar surface area (TPSA) is 83.7 Å². The van der Waals surface area contributed by atoms with E-state index in [9.17, 15) is 13.2 Å². The summed E-state index contributed by atoms with van der Waals surface area (Å²) in [5.41, 5.74) is 0.793. The van der Waals surface area contributed by atoms with Crippen molar-refractivity contribution in [3.63, 3.8) is 0 Å². The second-order valence-corrected chi connectivity index (χ2v) is 10.0. The largest absolute Gasteiger partial charge is 0.441 e. The van der Waals surface area contributed by atoms with Crippen molar-refractivity contribution in [2.45, 2.75) is 44.9 Å². The zero-order valence-electron chi connectivity index (χ0n) is 17.1. The summed E-state index contributed by atoms with van der Waals surface area (Å²) in [6.45, 7) is 7.69. The van der Waals surface area contributed by atoms with E-state index in [2.05, 4.69) is 11.9 Å². The predicted molar refractivity (Wildman–Crippen MR) is 109 cm³/mol. The van der Waals surface area contributed by atoms with Crippen LogP contribution in [0.3, 0.4) is 0 Å². The van der Waals surface area contributed by atoms with E-state index in [1.165, 1.54) is 4.31 Å². The highest BCUT2D eigenvalue weighted by molar-refractivity contribution is 7.89. The Morgan fingerprint density at radius 2 is 1.97 bits per heavy atom. The van der Waals surface area contributed by atoms with Gasteiger partial charge >= 0.3 is 0 Å². The number of hydrogen-bond donors (Lipinski definition) is 0. The number of hydrogen-bond acceptors (Lipinski definition) is 5. The third-order valence-corrected chi connectivity index (χ3v) is 8.11. The summed E-state index contributed by atoms with van der Waals surface area (Å²) in [5, 5.41) is 0. The van der Waals surface area contributed by atoms with Crippen molar-refractivity contribution in [3.8, 4) is 11.3 Å². The summed E-state index contributed by atoms with van der Waals surface area (Å²) in [6, 6.07) is 5.27. The third-order valence-electron chi connectivity index (χ3n) is 6.13. The van der Waals surface area contributed by atoms with Crippen molar-refractivity contribution in [3.05, 3.63) is 35.9 Å². The van der Waals surface area contributed by atoms with Crippen LogP contribution in [0.1, 0.15) is 37.6 Å². The average Bonchev–Trinajstić information content (AvgIpc) is 3.39. The Labute approximate surface area is 171 Å². The highest BCUT2D eigenvalue weighted by Crippen LogP contribution is 2.43. The van der Waals surface area contributed by atoms with E-state index >= 15 is 0 Å². The molecule has 2 saturated heterocycles. The second kappa shape index (κ2) is 7.25. The van der Waals surface area contributed by atoms with Crippen LogP contribution in [-0.2, 0) is 14.8 Å². The zero-order valence-corrected chi connectivity index (χ0v) is 18.0. The molecule has 156 valence electrons. The molecular weight excluding hydrogens is 390 g/mol. The Balaban J connectivity index is 1.62. The molecule has 3 heterocycles. The van der Waals surface area contributed by atoms with Gasteiger partial charge in [0.2, 0.25) is 15.9 Å². The molecule has 0 saturated carbocycles. The van der Waals surface area contributed by atoms with E-state index in [0.29, 0.717) is 35.7 Å². The molecule has 1 amide bonds. The average molecular weight is 418 g/mol. The first-order valence-corrected chi connectivity index (χ1v) is 11.5. The highest BCUT2D eigenvalue weighted by atomic mass is 32.2. The third kappa shape index (κ3) is 3.38.